The lowest BCUT2D eigenvalue weighted by Crippen LogP contribution is -2.59. The number of carbonyl (C=O) groups is 2. The maximum absolute atomic E-state index is 13.9. The number of cyclic esters (lactones) is 1. The van der Waals surface area contributed by atoms with Crippen LogP contribution in [0.2, 0.25) is 0 Å². The van der Waals surface area contributed by atoms with E-state index in [2.05, 4.69) is 0 Å². The van der Waals surface area contributed by atoms with Crippen LogP contribution in [0, 0.1) is 35.5 Å². The standard InChI is InChI=1S/C45H73NO14/c1-13-15-33-27(6)36(57-37-21-32(47)42(31(10)56-37)59-44(46)52)22-45(53,60-33)30(9)40(50)29(8)41-34(54-11)17-14-16-23(2)18-25(4)38(48)28(7)39(49)26(5)19-24(3)20-35(55-12)43(51)58-41/h13-17,19-20,25-34,36-42,47-50,53H,18,21-22H2,1-12H3,(H2,46,52)/b15-13+,17-14+,23-16+,24-19+,35-20-/t25-,26+,27-,28-,29+,30-,31-,32-,33-,34+,36-,37+,38-,39+,40-,41+,42-,45-/m1/s1. The second kappa shape index (κ2) is 22.8. The molecule has 3 aliphatic rings. The maximum Gasteiger partial charge on any atom is 0.404 e. The van der Waals surface area contributed by atoms with Crippen LogP contribution >= 0.6 is 0 Å². The Kier molecular flexibility index (Phi) is 19.5. The third-order valence-corrected chi connectivity index (χ3v) is 12.5. The van der Waals surface area contributed by atoms with Gasteiger partial charge in [-0.2, -0.15) is 0 Å². The van der Waals surface area contributed by atoms with Crippen molar-refractivity contribution in [3.8, 4) is 0 Å². The highest BCUT2D eigenvalue weighted by Gasteiger charge is 2.52. The molecule has 18 atom stereocenters. The van der Waals surface area contributed by atoms with Crippen LogP contribution in [0.3, 0.4) is 0 Å². The van der Waals surface area contributed by atoms with Crippen LogP contribution in [0.15, 0.2) is 59.4 Å². The molecule has 3 rings (SSSR count). The molecular weight excluding hydrogens is 778 g/mol. The zero-order valence-corrected chi connectivity index (χ0v) is 37.5. The van der Waals surface area contributed by atoms with Crippen molar-refractivity contribution in [1.29, 1.82) is 0 Å². The van der Waals surface area contributed by atoms with Gasteiger partial charge < -0.3 is 64.4 Å². The Morgan fingerprint density at radius 1 is 1.05 bits per heavy atom. The quantitative estimate of drug-likeness (QED) is 0.131. The molecule has 0 radical (unpaired) electrons. The highest BCUT2D eigenvalue weighted by molar-refractivity contribution is 5.87. The fourth-order valence-electron chi connectivity index (χ4n) is 8.64. The van der Waals surface area contributed by atoms with Crippen LogP contribution in [0.5, 0.6) is 0 Å². The molecule has 3 aliphatic heterocycles. The summed E-state index contributed by atoms with van der Waals surface area (Å²) in [7, 11) is 2.80. The monoisotopic (exact) mass is 852 g/mol. The summed E-state index contributed by atoms with van der Waals surface area (Å²) in [5.74, 6) is -6.06. The molecule has 7 N–H and O–H groups in total. The molecule has 0 unspecified atom stereocenters. The van der Waals surface area contributed by atoms with Gasteiger partial charge in [-0.1, -0.05) is 89.1 Å². The van der Waals surface area contributed by atoms with Crippen molar-refractivity contribution in [2.75, 3.05) is 14.2 Å². The van der Waals surface area contributed by atoms with Gasteiger partial charge in [0.1, 0.15) is 12.2 Å². The van der Waals surface area contributed by atoms with Gasteiger partial charge in [0, 0.05) is 49.5 Å². The van der Waals surface area contributed by atoms with Crippen LogP contribution in [-0.4, -0.2) is 125 Å². The zero-order chi connectivity index (χ0) is 45.2. The topological polar surface area (TPSA) is 226 Å². The summed E-state index contributed by atoms with van der Waals surface area (Å²) in [6, 6.07) is 0. The Morgan fingerprint density at radius 3 is 2.30 bits per heavy atom. The molecule has 0 spiro atoms. The van der Waals surface area contributed by atoms with Crippen molar-refractivity contribution in [1.82, 2.24) is 0 Å². The van der Waals surface area contributed by atoms with E-state index in [9.17, 15) is 35.1 Å². The van der Waals surface area contributed by atoms with Crippen molar-refractivity contribution >= 4 is 12.1 Å². The number of allylic oxidation sites excluding steroid dienone is 6. The Hall–Kier alpha value is -3.12. The average molecular weight is 852 g/mol. The number of carbonyl (C=O) groups excluding carboxylic acids is 2. The fourth-order valence-corrected chi connectivity index (χ4v) is 8.64. The van der Waals surface area contributed by atoms with Crippen LogP contribution in [0.25, 0.3) is 0 Å². The first-order valence-electron chi connectivity index (χ1n) is 21.1. The molecule has 0 bridgehead atoms. The lowest BCUT2D eigenvalue weighted by atomic mass is 9.77. The number of aliphatic hydroxyl groups excluding tert-OH is 4. The van der Waals surface area contributed by atoms with E-state index in [0.29, 0.717) is 12.0 Å². The summed E-state index contributed by atoms with van der Waals surface area (Å²) in [5.41, 5.74) is 6.76. The minimum atomic E-state index is -1.97. The first kappa shape index (κ1) is 51.2. The number of hydrogen-bond acceptors (Lipinski definition) is 14. The van der Waals surface area contributed by atoms with Gasteiger partial charge in [0.05, 0.1) is 49.8 Å². The normalized spacial score (nSPS) is 42.7. The number of primary amides is 1. The number of amides is 1. The van der Waals surface area contributed by atoms with Crippen molar-refractivity contribution in [3.05, 3.63) is 59.4 Å². The van der Waals surface area contributed by atoms with E-state index in [-0.39, 0.29) is 36.4 Å². The van der Waals surface area contributed by atoms with Gasteiger partial charge >= 0.3 is 12.1 Å². The van der Waals surface area contributed by atoms with Gasteiger partial charge in [0.25, 0.3) is 0 Å². The Morgan fingerprint density at radius 2 is 1.72 bits per heavy atom. The first-order chi connectivity index (χ1) is 28.1. The molecule has 60 heavy (non-hydrogen) atoms. The van der Waals surface area contributed by atoms with E-state index in [4.69, 9.17) is 38.9 Å². The minimum absolute atomic E-state index is 0.0314. The average Bonchev–Trinajstić information content (AvgIpc) is 3.18. The van der Waals surface area contributed by atoms with E-state index >= 15 is 0 Å². The molecule has 342 valence electrons. The Bertz CT molecular complexity index is 1550. The van der Waals surface area contributed by atoms with Gasteiger partial charge in [-0.15, -0.1) is 0 Å². The zero-order valence-electron chi connectivity index (χ0n) is 37.5. The molecule has 3 heterocycles. The number of esters is 1. The van der Waals surface area contributed by atoms with Crippen molar-refractivity contribution < 1.29 is 68.3 Å². The van der Waals surface area contributed by atoms with Crippen molar-refractivity contribution in [3.63, 3.8) is 0 Å². The van der Waals surface area contributed by atoms with Crippen LogP contribution < -0.4 is 5.73 Å². The minimum Gasteiger partial charge on any atom is -0.490 e. The first-order valence-corrected chi connectivity index (χ1v) is 21.1. The number of methoxy groups -OCH3 is 2. The third kappa shape index (κ3) is 13.2. The maximum atomic E-state index is 13.9. The van der Waals surface area contributed by atoms with E-state index < -0.39 is 103 Å². The molecule has 15 nitrogen and oxygen atoms in total. The van der Waals surface area contributed by atoms with E-state index in [1.54, 1.807) is 58.1 Å². The molecule has 1 amide bonds. The fraction of sp³-hybridized carbons (Fsp3) is 0.733. The van der Waals surface area contributed by atoms with Crippen molar-refractivity contribution in [2.24, 2.45) is 41.2 Å². The SMILES string of the molecule is C/C=C/[C@H]1O[C@@](O)([C@H](C)[C@H](O)[C@H](C)[C@@H]2OC(=O)/C(OC)=C/C(C)=C/[C@H](C)[C@H](O)[C@H](C)[C@H](O)[C@H](C)C/C(C)=C/C=C/[C@@H]2OC)C[C@@H](O[C@H]2C[C@@H](O)[C@H](OC(N)=O)[C@@H](C)O2)[C@@H]1C. The van der Waals surface area contributed by atoms with Crippen LogP contribution in [0.1, 0.15) is 88.5 Å². The highest BCUT2D eigenvalue weighted by atomic mass is 16.7. The van der Waals surface area contributed by atoms with Gasteiger partial charge in [0.2, 0.25) is 5.76 Å². The third-order valence-electron chi connectivity index (χ3n) is 12.5. The van der Waals surface area contributed by atoms with E-state index in [1.807, 2.05) is 47.6 Å². The summed E-state index contributed by atoms with van der Waals surface area (Å²) >= 11 is 0. The summed E-state index contributed by atoms with van der Waals surface area (Å²) in [6.07, 6.45) is 1.54. The second-order valence-corrected chi connectivity index (χ2v) is 17.3. The van der Waals surface area contributed by atoms with Gasteiger partial charge in [-0.3, -0.25) is 0 Å². The van der Waals surface area contributed by atoms with E-state index in [1.165, 1.54) is 20.3 Å². The van der Waals surface area contributed by atoms with Gasteiger partial charge in [-0.25, -0.2) is 9.59 Å². The predicted molar refractivity (Wildman–Crippen MR) is 224 cm³/mol. The number of ether oxygens (including phenoxy) is 7. The van der Waals surface area contributed by atoms with Gasteiger partial charge in [-0.05, 0) is 46.1 Å². The summed E-state index contributed by atoms with van der Waals surface area (Å²) in [4.78, 5) is 25.3. The van der Waals surface area contributed by atoms with E-state index in [0.717, 1.165) is 5.57 Å². The smallest absolute Gasteiger partial charge is 0.404 e. The molecular formula is C45H73NO14. The van der Waals surface area contributed by atoms with Crippen LogP contribution in [0.4, 0.5) is 4.79 Å². The molecule has 0 aromatic carbocycles. The Labute approximate surface area is 356 Å². The lowest BCUT2D eigenvalue weighted by Gasteiger charge is -2.49. The highest BCUT2D eigenvalue weighted by Crippen LogP contribution is 2.42. The predicted octanol–water partition coefficient (Wildman–Crippen LogP) is 4.59. The molecule has 15 heteroatoms. The molecule has 2 fully saturated rings. The summed E-state index contributed by atoms with van der Waals surface area (Å²) in [6.45, 7) is 18.0. The largest absolute Gasteiger partial charge is 0.490 e. The summed E-state index contributed by atoms with van der Waals surface area (Å²) in [5, 5.41) is 57.6. The number of rotatable bonds is 10. The lowest BCUT2D eigenvalue weighted by molar-refractivity contribution is -0.338. The number of aliphatic hydroxyl groups is 5. The molecule has 0 saturated carbocycles. The molecule has 0 aromatic rings. The summed E-state index contributed by atoms with van der Waals surface area (Å²) < 4.78 is 41.3. The second-order valence-electron chi connectivity index (χ2n) is 17.3. The van der Waals surface area contributed by atoms with Gasteiger partial charge in [0.15, 0.2) is 18.2 Å². The Balaban J connectivity index is 1.99. The number of hydrogen-bond donors (Lipinski definition) is 6. The van der Waals surface area contributed by atoms with Crippen LogP contribution in [-0.2, 0) is 38.0 Å². The molecule has 2 saturated heterocycles. The van der Waals surface area contributed by atoms with Crippen molar-refractivity contribution in [2.45, 2.75) is 162 Å². The molecule has 0 aromatic heterocycles. The molecule has 0 aliphatic carbocycles. The number of nitrogens with two attached hydrogens (primary N) is 1.